The van der Waals surface area contributed by atoms with Crippen LogP contribution in [0.25, 0.3) is 10.9 Å². The zero-order valence-corrected chi connectivity index (χ0v) is 10.9. The SMILES string of the molecule is O=C(O)c1ccc(Cn2ccc3c(F)cccc32)c(F)c1. The number of fused-ring (bicyclic) bond motifs is 1. The number of hydrogen-bond donors (Lipinski definition) is 1. The molecule has 0 spiro atoms. The van der Waals surface area contributed by atoms with Crippen molar-refractivity contribution in [2.45, 2.75) is 6.54 Å². The third-order valence-corrected chi connectivity index (χ3v) is 3.40. The van der Waals surface area contributed by atoms with Crippen molar-refractivity contribution < 1.29 is 18.7 Å². The highest BCUT2D eigenvalue weighted by molar-refractivity contribution is 5.87. The van der Waals surface area contributed by atoms with Gasteiger partial charge in [-0.15, -0.1) is 0 Å². The maximum atomic E-state index is 13.9. The molecule has 0 aliphatic rings. The molecule has 0 saturated heterocycles. The molecule has 1 aromatic heterocycles. The minimum absolute atomic E-state index is 0.0975. The molecule has 106 valence electrons. The molecule has 0 atom stereocenters. The molecule has 0 aliphatic carbocycles. The topological polar surface area (TPSA) is 42.2 Å². The summed E-state index contributed by atoms with van der Waals surface area (Å²) in [5.74, 6) is -2.09. The average Bonchev–Trinajstić information content (AvgIpc) is 2.85. The zero-order valence-electron chi connectivity index (χ0n) is 10.9. The quantitative estimate of drug-likeness (QED) is 0.798. The fraction of sp³-hybridized carbons (Fsp3) is 0.0625. The van der Waals surface area contributed by atoms with Crippen LogP contribution in [0.3, 0.4) is 0 Å². The summed E-state index contributed by atoms with van der Waals surface area (Å²) < 4.78 is 29.3. The molecule has 21 heavy (non-hydrogen) atoms. The Morgan fingerprint density at radius 1 is 1.10 bits per heavy atom. The highest BCUT2D eigenvalue weighted by Gasteiger charge is 2.10. The minimum Gasteiger partial charge on any atom is -0.478 e. The lowest BCUT2D eigenvalue weighted by atomic mass is 10.1. The van der Waals surface area contributed by atoms with Crippen LogP contribution in [0.2, 0.25) is 0 Å². The first kappa shape index (κ1) is 13.3. The molecule has 5 heteroatoms. The molecular weight excluding hydrogens is 276 g/mol. The second kappa shape index (κ2) is 5.01. The number of carboxylic acids is 1. The van der Waals surface area contributed by atoms with Gasteiger partial charge in [-0.3, -0.25) is 0 Å². The second-order valence-corrected chi connectivity index (χ2v) is 4.73. The van der Waals surface area contributed by atoms with Gasteiger partial charge in [-0.1, -0.05) is 12.1 Å². The third kappa shape index (κ3) is 2.38. The van der Waals surface area contributed by atoms with E-state index in [0.717, 1.165) is 6.07 Å². The minimum atomic E-state index is -1.17. The Morgan fingerprint density at radius 2 is 1.90 bits per heavy atom. The van der Waals surface area contributed by atoms with Crippen molar-refractivity contribution in [3.05, 3.63) is 71.4 Å². The molecule has 3 aromatic rings. The molecule has 2 aromatic carbocycles. The van der Waals surface area contributed by atoms with E-state index >= 15 is 0 Å². The number of benzene rings is 2. The van der Waals surface area contributed by atoms with Gasteiger partial charge < -0.3 is 9.67 Å². The molecule has 3 rings (SSSR count). The lowest BCUT2D eigenvalue weighted by Gasteiger charge is -2.08. The van der Waals surface area contributed by atoms with Gasteiger partial charge in [0.1, 0.15) is 11.6 Å². The van der Waals surface area contributed by atoms with E-state index < -0.39 is 11.8 Å². The van der Waals surface area contributed by atoms with E-state index in [9.17, 15) is 13.6 Å². The molecule has 0 saturated carbocycles. The van der Waals surface area contributed by atoms with Gasteiger partial charge in [0.05, 0.1) is 17.6 Å². The summed E-state index contributed by atoms with van der Waals surface area (Å²) >= 11 is 0. The van der Waals surface area contributed by atoms with Gasteiger partial charge in [0.25, 0.3) is 0 Å². The monoisotopic (exact) mass is 287 g/mol. The molecule has 0 radical (unpaired) electrons. The van der Waals surface area contributed by atoms with Crippen LogP contribution in [0, 0.1) is 11.6 Å². The summed E-state index contributed by atoms with van der Waals surface area (Å²) in [7, 11) is 0. The summed E-state index contributed by atoms with van der Waals surface area (Å²) in [5, 5.41) is 9.29. The van der Waals surface area contributed by atoms with Gasteiger partial charge in [-0.05, 0) is 30.3 Å². The van der Waals surface area contributed by atoms with E-state index in [2.05, 4.69) is 0 Å². The number of nitrogens with zero attached hydrogens (tertiary/aromatic N) is 1. The van der Waals surface area contributed by atoms with Crippen LogP contribution in [-0.4, -0.2) is 15.6 Å². The van der Waals surface area contributed by atoms with Crippen LogP contribution in [0.1, 0.15) is 15.9 Å². The molecule has 1 heterocycles. The fourth-order valence-corrected chi connectivity index (χ4v) is 2.32. The Balaban J connectivity index is 1.99. The molecular formula is C16H11F2NO2. The summed E-state index contributed by atoms with van der Waals surface area (Å²) in [5.41, 5.74) is 0.915. The van der Waals surface area contributed by atoms with Crippen LogP contribution < -0.4 is 0 Å². The Labute approximate surface area is 119 Å². The highest BCUT2D eigenvalue weighted by atomic mass is 19.1. The van der Waals surface area contributed by atoms with E-state index in [1.54, 1.807) is 29.0 Å². The number of halogens is 2. The van der Waals surface area contributed by atoms with Crippen LogP contribution in [0.5, 0.6) is 0 Å². The molecule has 0 aliphatic heterocycles. The van der Waals surface area contributed by atoms with Gasteiger partial charge in [0.2, 0.25) is 0 Å². The first-order valence-electron chi connectivity index (χ1n) is 6.31. The van der Waals surface area contributed by atoms with E-state index in [-0.39, 0.29) is 17.9 Å². The van der Waals surface area contributed by atoms with Gasteiger partial charge in [0.15, 0.2) is 0 Å². The third-order valence-electron chi connectivity index (χ3n) is 3.40. The molecule has 0 unspecified atom stereocenters. The summed E-state index contributed by atoms with van der Waals surface area (Å²) in [6.07, 6.45) is 1.68. The van der Waals surface area contributed by atoms with Crippen molar-refractivity contribution in [3.8, 4) is 0 Å². The van der Waals surface area contributed by atoms with Crippen LogP contribution in [-0.2, 0) is 6.54 Å². The lowest BCUT2D eigenvalue weighted by molar-refractivity contribution is 0.0696. The van der Waals surface area contributed by atoms with Crippen LogP contribution >= 0.6 is 0 Å². The summed E-state index contributed by atoms with van der Waals surface area (Å²) in [6, 6.07) is 10.1. The van der Waals surface area contributed by atoms with Crippen molar-refractivity contribution in [1.29, 1.82) is 0 Å². The fourth-order valence-electron chi connectivity index (χ4n) is 2.32. The van der Waals surface area contributed by atoms with Gasteiger partial charge in [0, 0.05) is 17.1 Å². The smallest absolute Gasteiger partial charge is 0.335 e. The van der Waals surface area contributed by atoms with Crippen molar-refractivity contribution >= 4 is 16.9 Å². The van der Waals surface area contributed by atoms with E-state index in [1.165, 1.54) is 18.2 Å². The second-order valence-electron chi connectivity index (χ2n) is 4.73. The lowest BCUT2D eigenvalue weighted by Crippen LogP contribution is -2.03. The number of aromatic carboxylic acids is 1. The first-order chi connectivity index (χ1) is 10.1. The van der Waals surface area contributed by atoms with Crippen LogP contribution in [0.15, 0.2) is 48.7 Å². The molecule has 1 N–H and O–H groups in total. The maximum absolute atomic E-state index is 13.9. The highest BCUT2D eigenvalue weighted by Crippen LogP contribution is 2.21. The summed E-state index contributed by atoms with van der Waals surface area (Å²) in [6.45, 7) is 0.207. The maximum Gasteiger partial charge on any atom is 0.335 e. The number of carboxylic acid groups (broad SMARTS) is 1. The van der Waals surface area contributed by atoms with Gasteiger partial charge >= 0.3 is 5.97 Å². The number of aromatic nitrogens is 1. The number of carbonyl (C=O) groups is 1. The van der Waals surface area contributed by atoms with Gasteiger partial charge in [-0.2, -0.15) is 0 Å². The predicted molar refractivity (Wildman–Crippen MR) is 74.4 cm³/mol. The number of hydrogen-bond acceptors (Lipinski definition) is 1. The van der Waals surface area contributed by atoms with Crippen molar-refractivity contribution in [3.63, 3.8) is 0 Å². The van der Waals surface area contributed by atoms with E-state index in [0.29, 0.717) is 16.5 Å². The standard InChI is InChI=1S/C16H11F2NO2/c17-13-2-1-3-15-12(13)6-7-19(15)9-11-5-4-10(16(20)21)8-14(11)18/h1-8H,9H2,(H,20,21). The van der Waals surface area contributed by atoms with Gasteiger partial charge in [-0.25, -0.2) is 13.6 Å². The van der Waals surface area contributed by atoms with Crippen molar-refractivity contribution in [1.82, 2.24) is 4.57 Å². The molecule has 0 fully saturated rings. The number of rotatable bonds is 3. The molecule has 3 nitrogen and oxygen atoms in total. The predicted octanol–water partition coefficient (Wildman–Crippen LogP) is 3.67. The van der Waals surface area contributed by atoms with Crippen molar-refractivity contribution in [2.75, 3.05) is 0 Å². The Kier molecular flexibility index (Phi) is 3.17. The molecule has 0 amide bonds. The van der Waals surface area contributed by atoms with Crippen molar-refractivity contribution in [2.24, 2.45) is 0 Å². The zero-order chi connectivity index (χ0) is 15.0. The first-order valence-corrected chi connectivity index (χ1v) is 6.31. The van der Waals surface area contributed by atoms with Crippen LogP contribution in [0.4, 0.5) is 8.78 Å². The summed E-state index contributed by atoms with van der Waals surface area (Å²) in [4.78, 5) is 10.8. The Morgan fingerprint density at radius 3 is 2.62 bits per heavy atom. The van der Waals surface area contributed by atoms with E-state index in [4.69, 9.17) is 5.11 Å². The Bertz CT molecular complexity index is 839. The molecule has 0 bridgehead atoms. The Hall–Kier alpha value is -2.69. The average molecular weight is 287 g/mol. The van der Waals surface area contributed by atoms with E-state index in [1.807, 2.05) is 0 Å². The largest absolute Gasteiger partial charge is 0.478 e. The normalized spacial score (nSPS) is 11.0.